The van der Waals surface area contributed by atoms with Crippen LogP contribution >= 0.6 is 0 Å². The SMILES string of the molecule is C/C=C/[C@@H](COCc1ccccc1)OC(=O)C(CC1OCCO1)OCc1ccccc1. The van der Waals surface area contributed by atoms with Crippen LogP contribution in [0.5, 0.6) is 0 Å². The average Bonchev–Trinajstić information content (AvgIpc) is 3.31. The van der Waals surface area contributed by atoms with Crippen LogP contribution in [0, 0.1) is 0 Å². The maximum atomic E-state index is 12.9. The van der Waals surface area contributed by atoms with Crippen molar-refractivity contribution in [1.29, 1.82) is 0 Å². The summed E-state index contributed by atoms with van der Waals surface area (Å²) < 4.78 is 28.4. The molecule has 0 bridgehead atoms. The average molecular weight is 427 g/mol. The molecule has 1 unspecified atom stereocenters. The van der Waals surface area contributed by atoms with Gasteiger partial charge in [0.05, 0.1) is 33.0 Å². The summed E-state index contributed by atoms with van der Waals surface area (Å²) >= 11 is 0. The number of allylic oxidation sites excluding steroid dienone is 1. The van der Waals surface area contributed by atoms with E-state index in [1.807, 2.05) is 73.7 Å². The molecule has 3 rings (SSSR count). The van der Waals surface area contributed by atoms with Crippen LogP contribution < -0.4 is 0 Å². The third kappa shape index (κ3) is 8.26. The van der Waals surface area contributed by atoms with Crippen LogP contribution in [0.2, 0.25) is 0 Å². The molecule has 2 atom stereocenters. The highest BCUT2D eigenvalue weighted by Gasteiger charge is 2.30. The van der Waals surface area contributed by atoms with Gasteiger partial charge in [0, 0.05) is 6.42 Å². The van der Waals surface area contributed by atoms with Gasteiger partial charge in [-0.05, 0) is 24.1 Å². The molecule has 1 fully saturated rings. The lowest BCUT2D eigenvalue weighted by Crippen LogP contribution is -2.34. The molecule has 0 amide bonds. The van der Waals surface area contributed by atoms with Gasteiger partial charge in [-0.15, -0.1) is 0 Å². The third-order valence-electron chi connectivity index (χ3n) is 4.72. The zero-order valence-electron chi connectivity index (χ0n) is 17.9. The van der Waals surface area contributed by atoms with E-state index >= 15 is 0 Å². The molecule has 31 heavy (non-hydrogen) atoms. The van der Waals surface area contributed by atoms with E-state index in [-0.39, 0.29) is 13.0 Å². The molecule has 6 heteroatoms. The van der Waals surface area contributed by atoms with Crippen molar-refractivity contribution in [2.24, 2.45) is 0 Å². The molecule has 0 spiro atoms. The summed E-state index contributed by atoms with van der Waals surface area (Å²) in [4.78, 5) is 12.9. The topological polar surface area (TPSA) is 63.2 Å². The van der Waals surface area contributed by atoms with Gasteiger partial charge in [-0.2, -0.15) is 0 Å². The van der Waals surface area contributed by atoms with Crippen molar-refractivity contribution in [3.05, 3.63) is 83.9 Å². The number of esters is 1. The van der Waals surface area contributed by atoms with Gasteiger partial charge in [-0.25, -0.2) is 4.79 Å². The first-order valence-corrected chi connectivity index (χ1v) is 10.6. The first-order chi connectivity index (χ1) is 15.2. The van der Waals surface area contributed by atoms with Crippen molar-refractivity contribution >= 4 is 5.97 Å². The molecule has 0 radical (unpaired) electrons. The second-order valence-corrected chi connectivity index (χ2v) is 7.19. The summed E-state index contributed by atoms with van der Waals surface area (Å²) in [7, 11) is 0. The van der Waals surface area contributed by atoms with Gasteiger partial charge in [0.15, 0.2) is 12.4 Å². The molecule has 1 aliphatic heterocycles. The number of benzene rings is 2. The Balaban J connectivity index is 1.55. The van der Waals surface area contributed by atoms with Crippen LogP contribution in [0.4, 0.5) is 0 Å². The lowest BCUT2D eigenvalue weighted by atomic mass is 10.2. The minimum absolute atomic E-state index is 0.257. The Labute approximate surface area is 183 Å². The quantitative estimate of drug-likeness (QED) is 0.377. The molecule has 1 saturated heterocycles. The van der Waals surface area contributed by atoms with E-state index in [0.717, 1.165) is 11.1 Å². The maximum Gasteiger partial charge on any atom is 0.336 e. The first-order valence-electron chi connectivity index (χ1n) is 10.6. The fourth-order valence-corrected chi connectivity index (χ4v) is 3.16. The molecule has 2 aromatic rings. The van der Waals surface area contributed by atoms with Gasteiger partial charge in [-0.1, -0.05) is 66.7 Å². The van der Waals surface area contributed by atoms with Gasteiger partial charge in [0.1, 0.15) is 6.10 Å². The van der Waals surface area contributed by atoms with Crippen molar-refractivity contribution in [2.45, 2.75) is 45.1 Å². The molecule has 166 valence electrons. The minimum Gasteiger partial charge on any atom is -0.454 e. The van der Waals surface area contributed by atoms with Gasteiger partial charge in [-0.3, -0.25) is 0 Å². The zero-order valence-corrected chi connectivity index (χ0v) is 17.9. The second-order valence-electron chi connectivity index (χ2n) is 7.19. The highest BCUT2D eigenvalue weighted by Crippen LogP contribution is 2.17. The number of carbonyl (C=O) groups is 1. The highest BCUT2D eigenvalue weighted by atomic mass is 16.7. The summed E-state index contributed by atoms with van der Waals surface area (Å²) in [5.41, 5.74) is 2.04. The number of carbonyl (C=O) groups excluding carboxylic acids is 1. The molecule has 0 aliphatic carbocycles. The van der Waals surface area contributed by atoms with E-state index in [9.17, 15) is 4.79 Å². The van der Waals surface area contributed by atoms with Crippen molar-refractivity contribution in [3.8, 4) is 0 Å². The Hall–Kier alpha value is -2.51. The van der Waals surface area contributed by atoms with E-state index in [2.05, 4.69) is 0 Å². The van der Waals surface area contributed by atoms with Crippen molar-refractivity contribution in [2.75, 3.05) is 19.8 Å². The third-order valence-corrected chi connectivity index (χ3v) is 4.72. The van der Waals surface area contributed by atoms with Crippen LogP contribution in [0.15, 0.2) is 72.8 Å². The standard InChI is InChI=1S/C25H30O6/c1-2-9-22(19-27-17-20-10-5-3-6-11-20)31-25(26)23(16-24-28-14-15-29-24)30-18-21-12-7-4-8-13-21/h2-13,22-24H,14-19H2,1H3/b9-2+/t22-,23?/m0/s1. The van der Waals surface area contributed by atoms with Gasteiger partial charge in [0.2, 0.25) is 0 Å². The van der Waals surface area contributed by atoms with E-state index in [1.54, 1.807) is 6.08 Å². The minimum atomic E-state index is -0.801. The molecule has 6 nitrogen and oxygen atoms in total. The van der Waals surface area contributed by atoms with Gasteiger partial charge >= 0.3 is 5.97 Å². The molecule has 0 N–H and O–H groups in total. The maximum absolute atomic E-state index is 12.9. The predicted molar refractivity (Wildman–Crippen MR) is 116 cm³/mol. The second kappa shape index (κ2) is 13.0. The fraction of sp³-hybridized carbons (Fsp3) is 0.400. The monoisotopic (exact) mass is 426 g/mol. The van der Waals surface area contributed by atoms with E-state index in [0.29, 0.717) is 26.4 Å². The summed E-state index contributed by atoms with van der Waals surface area (Å²) in [5.74, 6) is -0.457. The van der Waals surface area contributed by atoms with E-state index in [1.165, 1.54) is 0 Å². The summed E-state index contributed by atoms with van der Waals surface area (Å²) in [6.45, 7) is 3.91. The van der Waals surface area contributed by atoms with Crippen molar-refractivity contribution in [1.82, 2.24) is 0 Å². The number of hydrogen-bond donors (Lipinski definition) is 0. The summed E-state index contributed by atoms with van der Waals surface area (Å²) in [6, 6.07) is 19.6. The van der Waals surface area contributed by atoms with Gasteiger partial charge < -0.3 is 23.7 Å². The Morgan fingerprint density at radius 2 is 1.61 bits per heavy atom. The first kappa shape index (κ1) is 23.2. The van der Waals surface area contributed by atoms with Crippen LogP contribution in [0.1, 0.15) is 24.5 Å². The molecular formula is C25H30O6. The largest absolute Gasteiger partial charge is 0.454 e. The van der Waals surface area contributed by atoms with E-state index in [4.69, 9.17) is 23.7 Å². The Morgan fingerprint density at radius 3 is 2.23 bits per heavy atom. The summed E-state index contributed by atoms with van der Waals surface area (Å²) in [6.07, 6.45) is 2.15. The Kier molecular flexibility index (Phi) is 9.73. The molecular weight excluding hydrogens is 396 g/mol. The zero-order chi connectivity index (χ0) is 21.7. The van der Waals surface area contributed by atoms with Crippen molar-refractivity contribution < 1.29 is 28.5 Å². The number of rotatable bonds is 12. The molecule has 1 heterocycles. The van der Waals surface area contributed by atoms with Crippen LogP contribution in [0.3, 0.4) is 0 Å². The van der Waals surface area contributed by atoms with Crippen LogP contribution in [0.25, 0.3) is 0 Å². The predicted octanol–water partition coefficient (Wildman–Crippen LogP) is 4.04. The number of hydrogen-bond acceptors (Lipinski definition) is 6. The lowest BCUT2D eigenvalue weighted by Gasteiger charge is -2.22. The van der Waals surface area contributed by atoms with Gasteiger partial charge in [0.25, 0.3) is 0 Å². The fourth-order valence-electron chi connectivity index (χ4n) is 3.16. The summed E-state index contributed by atoms with van der Waals surface area (Å²) in [5, 5.41) is 0. The Morgan fingerprint density at radius 1 is 1.00 bits per heavy atom. The molecule has 2 aromatic carbocycles. The van der Waals surface area contributed by atoms with Crippen molar-refractivity contribution in [3.63, 3.8) is 0 Å². The van der Waals surface area contributed by atoms with Crippen LogP contribution in [-0.2, 0) is 41.7 Å². The smallest absolute Gasteiger partial charge is 0.336 e. The number of ether oxygens (including phenoxy) is 5. The van der Waals surface area contributed by atoms with E-state index < -0.39 is 24.5 Å². The highest BCUT2D eigenvalue weighted by molar-refractivity contribution is 5.75. The molecule has 0 saturated carbocycles. The van der Waals surface area contributed by atoms with Crippen LogP contribution in [-0.4, -0.2) is 44.3 Å². The lowest BCUT2D eigenvalue weighted by molar-refractivity contribution is -0.170. The Bertz CT molecular complexity index is 786. The normalized spacial score (nSPS) is 16.4. The molecule has 1 aliphatic rings. The molecule has 0 aromatic heterocycles.